The fraction of sp³-hybridized carbons (Fsp3) is 0.458. The fourth-order valence-electron chi connectivity index (χ4n) is 3.68. The Kier molecular flexibility index (Phi) is 7.10. The molecule has 1 N–H and O–H groups in total. The first-order valence-corrected chi connectivity index (χ1v) is 10.3. The van der Waals surface area contributed by atoms with Crippen molar-refractivity contribution in [3.8, 4) is 5.75 Å². The molecule has 1 amide bonds. The Hall–Kier alpha value is -2.33. The molecule has 0 bridgehead atoms. The molecule has 150 valence electrons. The van der Waals surface area contributed by atoms with Gasteiger partial charge in [-0.3, -0.25) is 9.69 Å². The van der Waals surface area contributed by atoms with E-state index in [-0.39, 0.29) is 17.9 Å². The lowest BCUT2D eigenvalue weighted by molar-refractivity contribution is -0.127. The lowest BCUT2D eigenvalue weighted by Gasteiger charge is -2.32. The van der Waals surface area contributed by atoms with Crippen LogP contribution >= 0.6 is 0 Å². The van der Waals surface area contributed by atoms with Gasteiger partial charge in [0.2, 0.25) is 5.91 Å². The van der Waals surface area contributed by atoms with E-state index >= 15 is 0 Å². The summed E-state index contributed by atoms with van der Waals surface area (Å²) in [6, 6.07) is 16.7. The molecule has 1 aliphatic heterocycles. The summed E-state index contributed by atoms with van der Waals surface area (Å²) in [7, 11) is 0. The molecule has 0 unspecified atom stereocenters. The summed E-state index contributed by atoms with van der Waals surface area (Å²) < 4.78 is 5.78. The zero-order valence-electron chi connectivity index (χ0n) is 17.3. The highest BCUT2D eigenvalue weighted by Crippen LogP contribution is 2.20. The summed E-state index contributed by atoms with van der Waals surface area (Å²) in [5, 5.41) is 3.12. The van der Waals surface area contributed by atoms with E-state index in [0.29, 0.717) is 6.61 Å². The van der Waals surface area contributed by atoms with E-state index in [9.17, 15) is 4.79 Å². The van der Waals surface area contributed by atoms with Crippen LogP contribution in [0.2, 0.25) is 0 Å². The van der Waals surface area contributed by atoms with Crippen molar-refractivity contribution in [3.63, 3.8) is 0 Å². The molecule has 4 heteroatoms. The average Bonchev–Trinajstić information content (AvgIpc) is 2.68. The third-order valence-corrected chi connectivity index (χ3v) is 5.36. The van der Waals surface area contributed by atoms with Gasteiger partial charge in [0.15, 0.2) is 0 Å². The van der Waals surface area contributed by atoms with Crippen LogP contribution in [0.5, 0.6) is 5.75 Å². The first-order chi connectivity index (χ1) is 13.5. The first kappa shape index (κ1) is 20.4. The summed E-state index contributed by atoms with van der Waals surface area (Å²) in [6.07, 6.45) is 1.84. The van der Waals surface area contributed by atoms with Gasteiger partial charge in [-0.1, -0.05) is 47.5 Å². The number of piperidine rings is 1. The summed E-state index contributed by atoms with van der Waals surface area (Å²) in [5.74, 6) is 1.11. The molecular formula is C24H32N2O2. The van der Waals surface area contributed by atoms with Crippen LogP contribution in [0.4, 0.5) is 0 Å². The van der Waals surface area contributed by atoms with E-state index in [1.165, 1.54) is 16.7 Å². The summed E-state index contributed by atoms with van der Waals surface area (Å²) in [6.45, 7) is 9.58. The minimum Gasteiger partial charge on any atom is -0.491 e. The van der Waals surface area contributed by atoms with Crippen molar-refractivity contribution >= 4 is 5.91 Å². The monoisotopic (exact) mass is 380 g/mol. The van der Waals surface area contributed by atoms with Crippen LogP contribution in [0.1, 0.15) is 36.5 Å². The normalized spacial score (nSPS) is 16.5. The van der Waals surface area contributed by atoms with Crippen molar-refractivity contribution in [2.75, 3.05) is 19.7 Å². The minimum absolute atomic E-state index is 0.000809. The number of carbonyl (C=O) groups is 1. The highest BCUT2D eigenvalue weighted by molar-refractivity contribution is 5.79. The molecule has 0 radical (unpaired) electrons. The second-order valence-electron chi connectivity index (χ2n) is 8.07. The van der Waals surface area contributed by atoms with Crippen LogP contribution in [0, 0.1) is 19.8 Å². The summed E-state index contributed by atoms with van der Waals surface area (Å²) in [5.41, 5.74) is 3.86. The van der Waals surface area contributed by atoms with Gasteiger partial charge in [-0.05, 0) is 64.4 Å². The molecule has 2 aromatic carbocycles. The molecule has 3 rings (SSSR count). The van der Waals surface area contributed by atoms with Gasteiger partial charge in [0.1, 0.15) is 12.4 Å². The molecule has 1 heterocycles. The van der Waals surface area contributed by atoms with Gasteiger partial charge >= 0.3 is 0 Å². The molecule has 4 nitrogen and oxygen atoms in total. The number of ether oxygens (including phenoxy) is 1. The molecule has 0 saturated carbocycles. The number of hydrogen-bond acceptors (Lipinski definition) is 3. The smallest absolute Gasteiger partial charge is 0.223 e. The fourth-order valence-corrected chi connectivity index (χ4v) is 3.68. The van der Waals surface area contributed by atoms with E-state index in [2.05, 4.69) is 48.3 Å². The average molecular weight is 381 g/mol. The van der Waals surface area contributed by atoms with E-state index in [1.807, 2.05) is 31.2 Å². The quantitative estimate of drug-likeness (QED) is 0.786. The van der Waals surface area contributed by atoms with Gasteiger partial charge in [0, 0.05) is 12.5 Å². The standard InChI is InChI=1S/C24H32N2O2/c1-18-7-9-23(10-8-18)28-17-20(3)25-24(27)22-11-13-26(14-12-22)16-21-6-4-5-19(2)15-21/h4-10,15,20,22H,11-14,16-17H2,1-3H3,(H,25,27)/t20-/m0/s1. The molecule has 0 aromatic heterocycles. The predicted octanol–water partition coefficient (Wildman–Crippen LogP) is 4.10. The highest BCUT2D eigenvalue weighted by atomic mass is 16.5. The SMILES string of the molecule is Cc1ccc(OC[C@H](C)NC(=O)C2CCN(Cc3cccc(C)c3)CC2)cc1. The second-order valence-corrected chi connectivity index (χ2v) is 8.07. The zero-order chi connectivity index (χ0) is 19.9. The molecule has 2 aromatic rings. The Bertz CT molecular complexity index is 764. The van der Waals surface area contributed by atoms with Gasteiger partial charge in [0.25, 0.3) is 0 Å². The lowest BCUT2D eigenvalue weighted by Crippen LogP contribution is -2.44. The third kappa shape index (κ3) is 6.10. The van der Waals surface area contributed by atoms with E-state index in [4.69, 9.17) is 4.74 Å². The van der Waals surface area contributed by atoms with Gasteiger partial charge in [-0.25, -0.2) is 0 Å². The van der Waals surface area contributed by atoms with Gasteiger partial charge < -0.3 is 10.1 Å². The number of rotatable bonds is 7. The molecular weight excluding hydrogens is 348 g/mol. The number of nitrogens with zero attached hydrogens (tertiary/aromatic N) is 1. The van der Waals surface area contributed by atoms with Crippen molar-refractivity contribution in [3.05, 3.63) is 65.2 Å². The second kappa shape index (κ2) is 9.74. The topological polar surface area (TPSA) is 41.6 Å². The molecule has 1 fully saturated rings. The van der Waals surface area contributed by atoms with Gasteiger partial charge in [-0.2, -0.15) is 0 Å². The van der Waals surface area contributed by atoms with E-state index < -0.39 is 0 Å². The Morgan fingerprint density at radius 1 is 1.11 bits per heavy atom. The molecule has 0 aliphatic carbocycles. The third-order valence-electron chi connectivity index (χ3n) is 5.36. The van der Waals surface area contributed by atoms with E-state index in [0.717, 1.165) is 38.2 Å². The van der Waals surface area contributed by atoms with Crippen LogP contribution < -0.4 is 10.1 Å². The number of hydrogen-bond donors (Lipinski definition) is 1. The Balaban J connectivity index is 1.38. The number of aryl methyl sites for hydroxylation is 2. The van der Waals surface area contributed by atoms with Crippen LogP contribution in [0.3, 0.4) is 0 Å². The maximum Gasteiger partial charge on any atom is 0.223 e. The minimum atomic E-state index is -0.000809. The predicted molar refractivity (Wildman–Crippen MR) is 113 cm³/mol. The Morgan fingerprint density at radius 2 is 1.82 bits per heavy atom. The van der Waals surface area contributed by atoms with Gasteiger partial charge in [-0.15, -0.1) is 0 Å². The number of likely N-dealkylation sites (tertiary alicyclic amines) is 1. The van der Waals surface area contributed by atoms with Crippen LogP contribution in [-0.4, -0.2) is 36.5 Å². The number of nitrogens with one attached hydrogen (secondary N) is 1. The van der Waals surface area contributed by atoms with E-state index in [1.54, 1.807) is 0 Å². The molecule has 1 atom stereocenters. The lowest BCUT2D eigenvalue weighted by atomic mass is 9.95. The zero-order valence-corrected chi connectivity index (χ0v) is 17.3. The van der Waals surface area contributed by atoms with Crippen molar-refractivity contribution in [2.24, 2.45) is 5.92 Å². The maximum atomic E-state index is 12.6. The van der Waals surface area contributed by atoms with Crippen molar-refractivity contribution in [1.82, 2.24) is 10.2 Å². The highest BCUT2D eigenvalue weighted by Gasteiger charge is 2.25. The largest absolute Gasteiger partial charge is 0.491 e. The van der Waals surface area contributed by atoms with Crippen LogP contribution in [0.15, 0.2) is 48.5 Å². The number of carbonyl (C=O) groups excluding carboxylic acids is 1. The van der Waals surface area contributed by atoms with Gasteiger partial charge in [0.05, 0.1) is 6.04 Å². The van der Waals surface area contributed by atoms with Crippen molar-refractivity contribution in [2.45, 2.75) is 46.2 Å². The molecule has 1 aliphatic rings. The summed E-state index contributed by atoms with van der Waals surface area (Å²) >= 11 is 0. The Labute approximate surface area is 168 Å². The van der Waals surface area contributed by atoms with Crippen molar-refractivity contribution in [1.29, 1.82) is 0 Å². The van der Waals surface area contributed by atoms with Crippen molar-refractivity contribution < 1.29 is 9.53 Å². The first-order valence-electron chi connectivity index (χ1n) is 10.3. The molecule has 1 saturated heterocycles. The van der Waals surface area contributed by atoms with Crippen LogP contribution in [-0.2, 0) is 11.3 Å². The number of benzene rings is 2. The Morgan fingerprint density at radius 3 is 2.50 bits per heavy atom. The summed E-state index contributed by atoms with van der Waals surface area (Å²) in [4.78, 5) is 15.0. The maximum absolute atomic E-state index is 12.6. The molecule has 0 spiro atoms. The molecule has 28 heavy (non-hydrogen) atoms. The van der Waals surface area contributed by atoms with Crippen LogP contribution in [0.25, 0.3) is 0 Å². The number of amides is 1.